The Balaban J connectivity index is 2.53. The first-order valence-corrected chi connectivity index (χ1v) is 5.12. The van der Waals surface area contributed by atoms with Gasteiger partial charge in [0.15, 0.2) is 0 Å². The van der Waals surface area contributed by atoms with Crippen LogP contribution in [-0.2, 0) is 21.4 Å². The van der Waals surface area contributed by atoms with Gasteiger partial charge in [-0.15, -0.1) is 0 Å². The molecule has 1 amide bonds. The first-order chi connectivity index (χ1) is 7.59. The third-order valence-electron chi connectivity index (χ3n) is 3.32. The van der Waals surface area contributed by atoms with Crippen LogP contribution in [0.25, 0.3) is 0 Å². The number of hydrogen-bond acceptors (Lipinski definition) is 3. The number of carbonyl (C=O) groups is 2. The summed E-state index contributed by atoms with van der Waals surface area (Å²) in [5, 5.41) is 0. The van der Waals surface area contributed by atoms with Crippen LogP contribution in [0.2, 0.25) is 0 Å². The molecule has 0 fully saturated rings. The topological polar surface area (TPSA) is 69.4 Å². The molecule has 84 valence electrons. The molecular weight excluding hydrogens is 206 g/mol. The third kappa shape index (κ3) is 1.38. The fourth-order valence-electron chi connectivity index (χ4n) is 2.27. The molecule has 1 aliphatic rings. The van der Waals surface area contributed by atoms with Gasteiger partial charge < -0.3 is 10.5 Å². The molecule has 0 saturated heterocycles. The van der Waals surface area contributed by atoms with Crippen molar-refractivity contribution < 1.29 is 14.3 Å². The zero-order chi connectivity index (χ0) is 11.8. The van der Waals surface area contributed by atoms with E-state index in [1.807, 2.05) is 13.0 Å². The molecule has 2 N–H and O–H groups in total. The van der Waals surface area contributed by atoms with Gasteiger partial charge in [-0.3, -0.25) is 9.59 Å². The maximum atomic E-state index is 11.5. The first-order valence-electron chi connectivity index (χ1n) is 5.12. The highest BCUT2D eigenvalue weighted by atomic mass is 16.5. The van der Waals surface area contributed by atoms with Crippen LogP contribution in [0.3, 0.4) is 0 Å². The molecule has 1 aromatic rings. The van der Waals surface area contributed by atoms with Crippen LogP contribution < -0.4 is 10.5 Å². The molecule has 1 unspecified atom stereocenters. The van der Waals surface area contributed by atoms with Gasteiger partial charge in [-0.2, -0.15) is 0 Å². The van der Waals surface area contributed by atoms with Crippen molar-refractivity contribution >= 4 is 12.4 Å². The Labute approximate surface area is 93.4 Å². The number of ether oxygens (including phenoxy) is 1. The summed E-state index contributed by atoms with van der Waals surface area (Å²) in [5.41, 5.74) is 6.57. The SMILES string of the molecule is CC1(C(N)=O)CCc2c(OC=O)cccc21. The van der Waals surface area contributed by atoms with Crippen molar-refractivity contribution in [1.82, 2.24) is 0 Å². The van der Waals surface area contributed by atoms with Crippen molar-refractivity contribution in [1.29, 1.82) is 0 Å². The highest BCUT2D eigenvalue weighted by Gasteiger charge is 2.40. The highest BCUT2D eigenvalue weighted by molar-refractivity contribution is 5.88. The minimum absolute atomic E-state index is 0.338. The van der Waals surface area contributed by atoms with E-state index in [2.05, 4.69) is 0 Å². The summed E-state index contributed by atoms with van der Waals surface area (Å²) >= 11 is 0. The molecule has 1 aliphatic carbocycles. The lowest BCUT2D eigenvalue weighted by Crippen LogP contribution is -2.36. The van der Waals surface area contributed by atoms with Crippen LogP contribution in [0, 0.1) is 0 Å². The number of fused-ring (bicyclic) bond motifs is 1. The van der Waals surface area contributed by atoms with Gasteiger partial charge in [0.2, 0.25) is 5.91 Å². The molecule has 0 radical (unpaired) electrons. The zero-order valence-corrected chi connectivity index (χ0v) is 9.03. The minimum Gasteiger partial charge on any atom is -0.428 e. The lowest BCUT2D eigenvalue weighted by atomic mass is 9.83. The van der Waals surface area contributed by atoms with Gasteiger partial charge >= 0.3 is 0 Å². The maximum Gasteiger partial charge on any atom is 0.298 e. The third-order valence-corrected chi connectivity index (χ3v) is 3.32. The largest absolute Gasteiger partial charge is 0.428 e. The van der Waals surface area contributed by atoms with Crippen molar-refractivity contribution in [2.24, 2.45) is 5.73 Å². The first kappa shape index (κ1) is 10.7. The molecule has 0 bridgehead atoms. The van der Waals surface area contributed by atoms with Gasteiger partial charge in [0.1, 0.15) is 5.75 Å². The normalized spacial score (nSPS) is 22.6. The van der Waals surface area contributed by atoms with E-state index in [0.29, 0.717) is 25.1 Å². The lowest BCUT2D eigenvalue weighted by molar-refractivity contribution is -0.123. The number of amides is 1. The highest BCUT2D eigenvalue weighted by Crippen LogP contribution is 2.42. The molecule has 0 saturated carbocycles. The van der Waals surface area contributed by atoms with Gasteiger partial charge in [-0.25, -0.2) is 0 Å². The Hall–Kier alpha value is -1.84. The van der Waals surface area contributed by atoms with E-state index in [-0.39, 0.29) is 5.91 Å². The number of rotatable bonds is 3. The average molecular weight is 219 g/mol. The standard InChI is InChI=1S/C12H13NO3/c1-12(11(13)15)6-5-8-9(12)3-2-4-10(8)16-7-14/h2-4,7H,5-6H2,1H3,(H2,13,15). The fourth-order valence-corrected chi connectivity index (χ4v) is 2.27. The summed E-state index contributed by atoms with van der Waals surface area (Å²) in [4.78, 5) is 21.8. The van der Waals surface area contributed by atoms with E-state index in [1.165, 1.54) is 0 Å². The molecular formula is C12H13NO3. The van der Waals surface area contributed by atoms with Crippen LogP contribution in [0.4, 0.5) is 0 Å². The van der Waals surface area contributed by atoms with E-state index < -0.39 is 5.41 Å². The van der Waals surface area contributed by atoms with Gasteiger partial charge in [-0.1, -0.05) is 12.1 Å². The van der Waals surface area contributed by atoms with Crippen molar-refractivity contribution in [3.63, 3.8) is 0 Å². The second kappa shape index (κ2) is 3.63. The molecule has 0 heterocycles. The predicted molar refractivity (Wildman–Crippen MR) is 58.0 cm³/mol. The Kier molecular flexibility index (Phi) is 2.42. The van der Waals surface area contributed by atoms with E-state index in [0.717, 1.165) is 11.1 Å². The van der Waals surface area contributed by atoms with Gasteiger partial charge in [0.05, 0.1) is 5.41 Å². The number of primary amides is 1. The van der Waals surface area contributed by atoms with Crippen molar-refractivity contribution in [3.05, 3.63) is 29.3 Å². The zero-order valence-electron chi connectivity index (χ0n) is 9.03. The second-order valence-corrected chi connectivity index (χ2v) is 4.19. The number of hydrogen-bond donors (Lipinski definition) is 1. The van der Waals surface area contributed by atoms with E-state index in [9.17, 15) is 9.59 Å². The molecule has 16 heavy (non-hydrogen) atoms. The molecule has 1 aromatic carbocycles. The number of benzene rings is 1. The monoisotopic (exact) mass is 219 g/mol. The molecule has 4 heteroatoms. The molecule has 1 atom stereocenters. The molecule has 0 spiro atoms. The van der Waals surface area contributed by atoms with Crippen LogP contribution in [0.5, 0.6) is 5.75 Å². The Morgan fingerprint density at radius 2 is 2.31 bits per heavy atom. The second-order valence-electron chi connectivity index (χ2n) is 4.19. The Morgan fingerprint density at radius 1 is 1.56 bits per heavy atom. The maximum absolute atomic E-state index is 11.5. The van der Waals surface area contributed by atoms with Crippen molar-refractivity contribution in [2.75, 3.05) is 0 Å². The van der Waals surface area contributed by atoms with Gasteiger partial charge in [0.25, 0.3) is 6.47 Å². The minimum atomic E-state index is -0.641. The summed E-state index contributed by atoms with van der Waals surface area (Å²) in [6.45, 7) is 2.22. The molecule has 0 aromatic heterocycles. The van der Waals surface area contributed by atoms with Crippen molar-refractivity contribution in [3.8, 4) is 5.75 Å². The molecule has 2 rings (SSSR count). The van der Waals surface area contributed by atoms with Crippen molar-refractivity contribution in [2.45, 2.75) is 25.2 Å². The lowest BCUT2D eigenvalue weighted by Gasteiger charge is -2.20. The summed E-state index contributed by atoms with van der Waals surface area (Å²) in [6, 6.07) is 5.36. The molecule has 0 aliphatic heterocycles. The van der Waals surface area contributed by atoms with Gasteiger partial charge in [-0.05, 0) is 37.0 Å². The smallest absolute Gasteiger partial charge is 0.298 e. The van der Waals surface area contributed by atoms with Crippen LogP contribution in [0.15, 0.2) is 18.2 Å². The Bertz CT molecular complexity index is 456. The van der Waals surface area contributed by atoms with E-state index in [4.69, 9.17) is 10.5 Å². The van der Waals surface area contributed by atoms with Crippen LogP contribution >= 0.6 is 0 Å². The number of nitrogens with two attached hydrogens (primary N) is 1. The predicted octanol–water partition coefficient (Wildman–Crippen LogP) is 0.911. The van der Waals surface area contributed by atoms with Crippen LogP contribution in [-0.4, -0.2) is 12.4 Å². The average Bonchev–Trinajstić information content (AvgIpc) is 2.60. The van der Waals surface area contributed by atoms with Gasteiger partial charge in [0, 0.05) is 0 Å². The summed E-state index contributed by atoms with van der Waals surface area (Å²) in [6.07, 6.45) is 1.37. The van der Waals surface area contributed by atoms with Crippen LogP contribution in [0.1, 0.15) is 24.5 Å². The van der Waals surface area contributed by atoms with E-state index in [1.54, 1.807) is 12.1 Å². The fraction of sp³-hybridized carbons (Fsp3) is 0.333. The Morgan fingerprint density at radius 3 is 2.94 bits per heavy atom. The summed E-state index contributed by atoms with van der Waals surface area (Å²) < 4.78 is 4.89. The number of carbonyl (C=O) groups excluding carboxylic acids is 2. The van der Waals surface area contributed by atoms with E-state index >= 15 is 0 Å². The summed E-state index contributed by atoms with van der Waals surface area (Å²) in [5.74, 6) is 0.187. The summed E-state index contributed by atoms with van der Waals surface area (Å²) in [7, 11) is 0. The molecule has 4 nitrogen and oxygen atoms in total. The quantitative estimate of drug-likeness (QED) is 0.768.